The molecule has 0 amide bonds. The van der Waals surface area contributed by atoms with E-state index in [1.54, 1.807) is 0 Å². The lowest BCUT2D eigenvalue weighted by molar-refractivity contribution is 0.111. The van der Waals surface area contributed by atoms with E-state index in [9.17, 15) is 14.0 Å². The normalized spacial score (nSPS) is 9.58. The average Bonchev–Trinajstić information content (AvgIpc) is 2.47. The van der Waals surface area contributed by atoms with Crippen LogP contribution in [0.15, 0.2) is 24.3 Å². The number of benzene rings is 2. The van der Waals surface area contributed by atoms with Crippen molar-refractivity contribution in [1.29, 1.82) is 0 Å². The van der Waals surface area contributed by atoms with Gasteiger partial charge in [-0.1, -0.05) is 17.7 Å². The van der Waals surface area contributed by atoms with Crippen molar-refractivity contribution in [2.24, 2.45) is 0 Å². The summed E-state index contributed by atoms with van der Waals surface area (Å²) in [5.41, 5.74) is 3.96. The van der Waals surface area contributed by atoms with E-state index in [1.165, 1.54) is 5.56 Å². The summed E-state index contributed by atoms with van der Waals surface area (Å²) in [7, 11) is -1.00. The predicted molar refractivity (Wildman–Crippen MR) is 89.9 cm³/mol. The van der Waals surface area contributed by atoms with Gasteiger partial charge in [0.05, 0.1) is 14.1 Å². The van der Waals surface area contributed by atoms with Crippen molar-refractivity contribution in [3.05, 3.63) is 52.1 Å². The Hall–Kier alpha value is -2.89. The van der Waals surface area contributed by atoms with Gasteiger partial charge in [0.15, 0.2) is 12.6 Å². The summed E-state index contributed by atoms with van der Waals surface area (Å²) in [5, 5.41) is 26.6. The van der Waals surface area contributed by atoms with Gasteiger partial charge in [-0.2, -0.15) is 0 Å². The molecule has 0 heterocycles. The van der Waals surface area contributed by atoms with Gasteiger partial charge in [0, 0.05) is 17.7 Å². The van der Waals surface area contributed by atoms with Gasteiger partial charge in [-0.3, -0.25) is 14.0 Å². The highest BCUT2D eigenvalue weighted by Gasteiger charge is 2.07. The second-order valence-electron chi connectivity index (χ2n) is 4.95. The zero-order valence-electron chi connectivity index (χ0n) is 14.7. The lowest BCUT2D eigenvalue weighted by Crippen LogP contribution is -1.91. The van der Waals surface area contributed by atoms with Crippen molar-refractivity contribution in [2.75, 3.05) is 7.15 Å². The van der Waals surface area contributed by atoms with Gasteiger partial charge < -0.3 is 15.3 Å². The summed E-state index contributed by atoms with van der Waals surface area (Å²) < 4.78 is 15.5. The summed E-state index contributed by atoms with van der Waals surface area (Å²) in [6.07, 6.45) is 1.23. The average molecular weight is 337 g/mol. The van der Waals surface area contributed by atoms with Crippen LogP contribution in [-0.2, 0) is 0 Å². The first-order chi connectivity index (χ1) is 11.7. The van der Waals surface area contributed by atoms with Gasteiger partial charge >= 0.3 is 0 Å². The smallest absolute Gasteiger partial charge is 0.157 e. The van der Waals surface area contributed by atoms with E-state index >= 15 is 0 Å². The number of halogens is 1. The van der Waals surface area contributed by atoms with Gasteiger partial charge in [0.2, 0.25) is 0 Å². The van der Waals surface area contributed by atoms with Crippen LogP contribution in [0.25, 0.3) is 0 Å². The van der Waals surface area contributed by atoms with Crippen molar-refractivity contribution in [1.82, 2.24) is 0 Å². The van der Waals surface area contributed by atoms with E-state index in [0.29, 0.717) is 6.29 Å². The van der Waals surface area contributed by atoms with Crippen LogP contribution in [0.4, 0.5) is 4.39 Å². The Morgan fingerprint density at radius 2 is 1.25 bits per heavy atom. The fraction of sp³-hybridized carbons (Fsp3) is 0.222. The SMILES string of the molecule is Cc1cc(C)c(C=O)c(C)c1.O=Cc1c(O)cc(O)cc1O.[2H]CF. The molecular formula is C18H21FO5. The standard InChI is InChI=1S/C10H12O.C7H6O4.CH3F/c1-7-4-8(2)10(6-11)9(3)5-7;8-3-5-6(10)1-4(9)2-7(5)11;1-2/h4-6H,1-3H3;1-3,9-11H;1H3/i;;1D. The van der Waals surface area contributed by atoms with E-state index in [-0.39, 0.29) is 11.3 Å². The number of carbonyl (C=O) groups excluding carboxylic acids is 2. The van der Waals surface area contributed by atoms with Crippen molar-refractivity contribution in [3.8, 4) is 17.2 Å². The fourth-order valence-electron chi connectivity index (χ4n) is 2.11. The molecule has 0 aliphatic rings. The van der Waals surface area contributed by atoms with Crippen molar-refractivity contribution in [3.63, 3.8) is 0 Å². The number of aromatic hydroxyl groups is 3. The molecule has 0 bridgehead atoms. The summed E-state index contributed by atoms with van der Waals surface area (Å²) in [5.74, 6) is -1.15. The summed E-state index contributed by atoms with van der Waals surface area (Å²) in [6.45, 7) is 5.96. The number of hydrogen-bond acceptors (Lipinski definition) is 5. The Kier molecular flexibility index (Phi) is 7.98. The Morgan fingerprint density at radius 3 is 1.58 bits per heavy atom. The largest absolute Gasteiger partial charge is 0.508 e. The molecule has 2 rings (SSSR count). The Bertz CT molecular complexity index is 624. The number of aryl methyl sites for hydroxylation is 3. The summed E-state index contributed by atoms with van der Waals surface area (Å²) in [4.78, 5) is 20.7. The molecule has 0 fully saturated rings. The molecule has 0 unspecified atom stereocenters. The maximum absolute atomic E-state index is 10.6. The molecule has 0 aliphatic carbocycles. The minimum Gasteiger partial charge on any atom is -0.508 e. The predicted octanol–water partition coefficient (Wildman–Crippen LogP) is 3.63. The van der Waals surface area contributed by atoms with E-state index in [0.717, 1.165) is 35.1 Å². The Morgan fingerprint density at radius 1 is 0.875 bits per heavy atom. The summed E-state index contributed by atoms with van der Waals surface area (Å²) >= 11 is 0. The van der Waals surface area contributed by atoms with E-state index in [2.05, 4.69) is 0 Å². The lowest BCUT2D eigenvalue weighted by atomic mass is 10.0. The van der Waals surface area contributed by atoms with Crippen molar-refractivity contribution >= 4 is 12.6 Å². The highest BCUT2D eigenvalue weighted by molar-refractivity contribution is 5.83. The second-order valence-corrected chi connectivity index (χ2v) is 4.95. The Balaban J connectivity index is 0.000000399. The molecule has 0 saturated heterocycles. The van der Waals surface area contributed by atoms with Gasteiger partial charge in [0.1, 0.15) is 17.2 Å². The van der Waals surface area contributed by atoms with E-state index in [4.69, 9.17) is 16.7 Å². The van der Waals surface area contributed by atoms with Gasteiger partial charge in [-0.15, -0.1) is 0 Å². The fourth-order valence-corrected chi connectivity index (χ4v) is 2.11. The number of aldehydes is 2. The second kappa shape index (κ2) is 9.99. The molecule has 2 aromatic rings. The molecule has 130 valence electrons. The molecule has 2 aromatic carbocycles. The van der Waals surface area contributed by atoms with Crippen molar-refractivity contribution in [2.45, 2.75) is 20.8 Å². The highest BCUT2D eigenvalue weighted by Crippen LogP contribution is 2.29. The van der Waals surface area contributed by atoms with Crippen LogP contribution in [0, 0.1) is 20.8 Å². The third-order valence-electron chi connectivity index (χ3n) is 3.09. The zero-order chi connectivity index (χ0) is 19.6. The van der Waals surface area contributed by atoms with Crippen LogP contribution in [0.1, 0.15) is 38.8 Å². The third-order valence-corrected chi connectivity index (χ3v) is 3.09. The molecular weight excluding hydrogens is 315 g/mol. The molecule has 0 aliphatic heterocycles. The number of phenols is 3. The molecule has 0 aromatic heterocycles. The molecule has 24 heavy (non-hydrogen) atoms. The van der Waals surface area contributed by atoms with Gasteiger partial charge in [0.25, 0.3) is 0 Å². The quantitative estimate of drug-likeness (QED) is 0.728. The number of alkyl halides is 1. The number of phenolic OH excluding ortho intramolecular Hbond substituents is 3. The lowest BCUT2D eigenvalue weighted by Gasteiger charge is -2.03. The first-order valence-electron chi connectivity index (χ1n) is 7.50. The molecule has 0 atom stereocenters. The van der Waals surface area contributed by atoms with Gasteiger partial charge in [-0.25, -0.2) is 0 Å². The monoisotopic (exact) mass is 337 g/mol. The van der Waals surface area contributed by atoms with E-state index < -0.39 is 18.7 Å². The van der Waals surface area contributed by atoms with Gasteiger partial charge in [-0.05, 0) is 31.9 Å². The Labute approximate surface area is 141 Å². The number of hydrogen-bond donors (Lipinski definition) is 3. The molecule has 6 heteroatoms. The van der Waals surface area contributed by atoms with Crippen molar-refractivity contribution < 1.29 is 30.7 Å². The molecule has 0 saturated carbocycles. The van der Waals surface area contributed by atoms with Crippen LogP contribution < -0.4 is 0 Å². The molecule has 3 N–H and O–H groups in total. The maximum Gasteiger partial charge on any atom is 0.157 e. The number of carbonyl (C=O) groups is 2. The minimum atomic E-state index is -1.00. The van der Waals surface area contributed by atoms with Crippen LogP contribution in [0.2, 0.25) is 0 Å². The first-order valence-corrected chi connectivity index (χ1v) is 6.80. The minimum absolute atomic E-state index is 0.220. The third kappa shape index (κ3) is 5.72. The van der Waals surface area contributed by atoms with Crippen LogP contribution in [-0.4, -0.2) is 35.0 Å². The van der Waals surface area contributed by atoms with Crippen LogP contribution in [0.3, 0.4) is 0 Å². The topological polar surface area (TPSA) is 94.8 Å². The maximum atomic E-state index is 10.6. The molecule has 0 radical (unpaired) electrons. The highest BCUT2D eigenvalue weighted by atomic mass is 19.1. The first kappa shape index (κ1) is 19.2. The van der Waals surface area contributed by atoms with Crippen LogP contribution >= 0.6 is 0 Å². The molecule has 5 nitrogen and oxygen atoms in total. The summed E-state index contributed by atoms with van der Waals surface area (Å²) in [6, 6.07) is 6.00. The van der Waals surface area contributed by atoms with E-state index in [1.807, 2.05) is 32.9 Å². The molecule has 0 spiro atoms. The van der Waals surface area contributed by atoms with Crippen LogP contribution in [0.5, 0.6) is 17.2 Å². The number of rotatable bonds is 2. The zero-order valence-corrected chi connectivity index (χ0v) is 13.7.